The Labute approximate surface area is 114 Å². The van der Waals surface area contributed by atoms with Crippen LogP contribution in [0.4, 0.5) is 5.69 Å². The van der Waals surface area contributed by atoms with Crippen molar-refractivity contribution in [3.8, 4) is 0 Å². The van der Waals surface area contributed by atoms with Crippen LogP contribution in [0.5, 0.6) is 0 Å². The highest BCUT2D eigenvalue weighted by Crippen LogP contribution is 2.27. The fourth-order valence-electron chi connectivity index (χ4n) is 1.64. The highest BCUT2D eigenvalue weighted by Gasteiger charge is 2.19. The first-order valence-electron chi connectivity index (χ1n) is 5.73. The summed E-state index contributed by atoms with van der Waals surface area (Å²) in [5.41, 5.74) is 6.33. The molecule has 0 aliphatic heterocycles. The molecule has 1 heterocycles. The molecule has 1 aromatic carbocycles. The van der Waals surface area contributed by atoms with Crippen molar-refractivity contribution >= 4 is 39.0 Å². The van der Waals surface area contributed by atoms with Gasteiger partial charge in [0.05, 0.1) is 0 Å². The Balaban J connectivity index is 2.20. The Morgan fingerprint density at radius 3 is 2.79 bits per heavy atom. The molecular weight excluding hydrogens is 264 g/mol. The van der Waals surface area contributed by atoms with E-state index in [1.807, 2.05) is 6.07 Å². The van der Waals surface area contributed by atoms with Gasteiger partial charge in [-0.1, -0.05) is 0 Å². The summed E-state index contributed by atoms with van der Waals surface area (Å²) < 4.78 is 6.03. The van der Waals surface area contributed by atoms with Gasteiger partial charge < -0.3 is 15.8 Å². The van der Waals surface area contributed by atoms with Crippen LogP contribution in [0.25, 0.3) is 10.1 Å². The van der Waals surface area contributed by atoms with Gasteiger partial charge in [-0.05, 0) is 36.6 Å². The maximum atomic E-state index is 11.9. The maximum absolute atomic E-state index is 11.9. The van der Waals surface area contributed by atoms with Crippen molar-refractivity contribution in [3.05, 3.63) is 29.1 Å². The van der Waals surface area contributed by atoms with E-state index in [0.29, 0.717) is 10.6 Å². The fourth-order valence-corrected chi connectivity index (χ4v) is 2.56. The standard InChI is InChI=1S/C13H14N2O3S/c1-7(12(16)15-2)18-13(17)11-6-8-5-9(14)3-4-10(8)19-11/h3-7H,14H2,1-2H3,(H,15,16). The molecular formula is C13H14N2O3S. The molecule has 3 N–H and O–H groups in total. The number of nitrogen functional groups attached to an aromatic ring is 1. The van der Waals surface area contributed by atoms with Crippen molar-refractivity contribution in [1.82, 2.24) is 5.32 Å². The Hall–Kier alpha value is -2.08. The molecule has 0 spiro atoms. The van der Waals surface area contributed by atoms with Crippen LogP contribution in [0.1, 0.15) is 16.6 Å². The van der Waals surface area contributed by atoms with Gasteiger partial charge >= 0.3 is 5.97 Å². The number of carbonyl (C=O) groups is 2. The fraction of sp³-hybridized carbons (Fsp3) is 0.231. The summed E-state index contributed by atoms with van der Waals surface area (Å²) in [7, 11) is 1.49. The minimum atomic E-state index is -0.812. The van der Waals surface area contributed by atoms with E-state index >= 15 is 0 Å². The van der Waals surface area contributed by atoms with E-state index in [2.05, 4.69) is 5.32 Å². The summed E-state index contributed by atoms with van der Waals surface area (Å²) in [6.07, 6.45) is -0.812. The largest absolute Gasteiger partial charge is 0.448 e. The lowest BCUT2D eigenvalue weighted by Gasteiger charge is -2.10. The molecule has 0 fully saturated rings. The molecule has 0 bridgehead atoms. The van der Waals surface area contributed by atoms with Gasteiger partial charge in [-0.3, -0.25) is 4.79 Å². The number of fused-ring (bicyclic) bond motifs is 1. The highest BCUT2D eigenvalue weighted by atomic mass is 32.1. The van der Waals surface area contributed by atoms with E-state index in [9.17, 15) is 9.59 Å². The highest BCUT2D eigenvalue weighted by molar-refractivity contribution is 7.20. The van der Waals surface area contributed by atoms with E-state index in [4.69, 9.17) is 10.5 Å². The zero-order valence-corrected chi connectivity index (χ0v) is 11.4. The van der Waals surface area contributed by atoms with E-state index in [0.717, 1.165) is 10.1 Å². The van der Waals surface area contributed by atoms with E-state index in [-0.39, 0.29) is 5.91 Å². The lowest BCUT2D eigenvalue weighted by atomic mass is 10.2. The number of nitrogens with two attached hydrogens (primary N) is 1. The van der Waals surface area contributed by atoms with Gasteiger partial charge in [-0.2, -0.15) is 0 Å². The number of anilines is 1. The van der Waals surface area contributed by atoms with Gasteiger partial charge in [-0.25, -0.2) is 4.79 Å². The number of carbonyl (C=O) groups excluding carboxylic acids is 2. The van der Waals surface area contributed by atoms with Crippen LogP contribution in [0.15, 0.2) is 24.3 Å². The van der Waals surface area contributed by atoms with Crippen molar-refractivity contribution < 1.29 is 14.3 Å². The number of ether oxygens (including phenoxy) is 1. The van der Waals surface area contributed by atoms with Crippen LogP contribution in [-0.4, -0.2) is 25.0 Å². The number of benzene rings is 1. The second kappa shape index (κ2) is 5.27. The van der Waals surface area contributed by atoms with Crippen molar-refractivity contribution in [3.63, 3.8) is 0 Å². The van der Waals surface area contributed by atoms with E-state index < -0.39 is 12.1 Å². The van der Waals surface area contributed by atoms with Gasteiger partial charge in [0.25, 0.3) is 5.91 Å². The first-order chi connectivity index (χ1) is 9.01. The Kier molecular flexibility index (Phi) is 3.71. The molecule has 0 saturated carbocycles. The first kappa shape index (κ1) is 13.4. The third-order valence-corrected chi connectivity index (χ3v) is 3.74. The number of nitrogens with one attached hydrogen (secondary N) is 1. The van der Waals surface area contributed by atoms with Gasteiger partial charge in [0.15, 0.2) is 6.10 Å². The van der Waals surface area contributed by atoms with Gasteiger partial charge in [0, 0.05) is 17.4 Å². The minimum Gasteiger partial charge on any atom is -0.448 e. The van der Waals surface area contributed by atoms with Gasteiger partial charge in [0.1, 0.15) is 4.88 Å². The van der Waals surface area contributed by atoms with Crippen LogP contribution < -0.4 is 11.1 Å². The van der Waals surface area contributed by atoms with Crippen molar-refractivity contribution in [2.45, 2.75) is 13.0 Å². The Morgan fingerprint density at radius 2 is 2.11 bits per heavy atom. The molecule has 1 unspecified atom stereocenters. The number of likely N-dealkylation sites (N-methyl/N-ethyl adjacent to an activating group) is 1. The third-order valence-electron chi connectivity index (χ3n) is 2.64. The molecule has 2 aromatic rings. The second-order valence-electron chi connectivity index (χ2n) is 4.07. The number of hydrogen-bond donors (Lipinski definition) is 2. The average Bonchev–Trinajstić information content (AvgIpc) is 2.80. The van der Waals surface area contributed by atoms with Crippen LogP contribution >= 0.6 is 11.3 Å². The van der Waals surface area contributed by atoms with Crippen LogP contribution in [0.3, 0.4) is 0 Å². The predicted octanol–water partition coefficient (Wildman–Crippen LogP) is 1.77. The monoisotopic (exact) mass is 278 g/mol. The molecule has 6 heteroatoms. The third kappa shape index (κ3) is 2.85. The number of esters is 1. The number of hydrogen-bond acceptors (Lipinski definition) is 5. The second-order valence-corrected chi connectivity index (χ2v) is 5.15. The summed E-state index contributed by atoms with van der Waals surface area (Å²) in [4.78, 5) is 23.7. The Bertz CT molecular complexity index is 636. The Morgan fingerprint density at radius 1 is 1.37 bits per heavy atom. The maximum Gasteiger partial charge on any atom is 0.349 e. The summed E-state index contributed by atoms with van der Waals surface area (Å²) in [6, 6.07) is 7.15. The SMILES string of the molecule is CNC(=O)C(C)OC(=O)c1cc2cc(N)ccc2s1. The van der Waals surface area contributed by atoms with Crippen molar-refractivity contribution in [2.24, 2.45) is 0 Å². The summed E-state index contributed by atoms with van der Waals surface area (Å²) >= 11 is 1.31. The normalized spacial score (nSPS) is 12.1. The van der Waals surface area contributed by atoms with Crippen molar-refractivity contribution in [2.75, 3.05) is 12.8 Å². The van der Waals surface area contributed by atoms with Crippen LogP contribution in [0.2, 0.25) is 0 Å². The molecule has 1 amide bonds. The summed E-state index contributed by atoms with van der Waals surface area (Å²) in [5.74, 6) is -0.838. The quantitative estimate of drug-likeness (QED) is 0.662. The van der Waals surface area contributed by atoms with Gasteiger partial charge in [-0.15, -0.1) is 11.3 Å². The molecule has 0 saturated heterocycles. The van der Waals surface area contributed by atoms with Crippen LogP contribution in [-0.2, 0) is 9.53 Å². The zero-order chi connectivity index (χ0) is 14.0. The average molecular weight is 278 g/mol. The molecule has 1 aromatic heterocycles. The van der Waals surface area contributed by atoms with E-state index in [1.54, 1.807) is 18.2 Å². The number of rotatable bonds is 3. The molecule has 1 atom stereocenters. The molecule has 100 valence electrons. The van der Waals surface area contributed by atoms with Crippen LogP contribution in [0, 0.1) is 0 Å². The topological polar surface area (TPSA) is 81.4 Å². The van der Waals surface area contributed by atoms with E-state index in [1.165, 1.54) is 25.3 Å². The first-order valence-corrected chi connectivity index (χ1v) is 6.54. The number of amides is 1. The van der Waals surface area contributed by atoms with Gasteiger partial charge in [0.2, 0.25) is 0 Å². The molecule has 2 rings (SSSR count). The van der Waals surface area contributed by atoms with Crippen molar-refractivity contribution in [1.29, 1.82) is 0 Å². The molecule has 0 radical (unpaired) electrons. The lowest BCUT2D eigenvalue weighted by molar-refractivity contribution is -0.128. The molecule has 5 nitrogen and oxygen atoms in total. The molecule has 19 heavy (non-hydrogen) atoms. The summed E-state index contributed by atoms with van der Waals surface area (Å²) in [6.45, 7) is 1.53. The lowest BCUT2D eigenvalue weighted by Crippen LogP contribution is -2.33. The predicted molar refractivity (Wildman–Crippen MR) is 75.2 cm³/mol. The molecule has 0 aliphatic carbocycles. The molecule has 0 aliphatic rings. The smallest absolute Gasteiger partial charge is 0.349 e. The minimum absolute atomic E-state index is 0.335. The zero-order valence-electron chi connectivity index (χ0n) is 10.6. The number of thiophene rings is 1. The summed E-state index contributed by atoms with van der Waals surface area (Å²) in [5, 5.41) is 3.32.